The molecule has 0 amide bonds. The second kappa shape index (κ2) is 7.12. The molecule has 0 saturated carbocycles. The van der Waals surface area contributed by atoms with Crippen LogP contribution in [0.5, 0.6) is 0 Å². The summed E-state index contributed by atoms with van der Waals surface area (Å²) in [6.45, 7) is 7.08. The molecule has 0 aliphatic carbocycles. The van der Waals surface area contributed by atoms with Crippen molar-refractivity contribution in [3.8, 4) is 0 Å². The van der Waals surface area contributed by atoms with Gasteiger partial charge < -0.3 is 14.8 Å². The van der Waals surface area contributed by atoms with E-state index in [4.69, 9.17) is 4.74 Å². The number of nitrogens with zero attached hydrogens (tertiary/aromatic N) is 4. The fraction of sp³-hybridized carbons (Fsp3) is 0.571. The third-order valence-electron chi connectivity index (χ3n) is 3.28. The summed E-state index contributed by atoms with van der Waals surface area (Å²) < 4.78 is 7.44. The molecule has 0 spiro atoms. The molecule has 0 bridgehead atoms. The first-order chi connectivity index (χ1) is 10.2. The average molecular weight is 291 g/mol. The molecule has 2 heterocycles. The van der Waals surface area contributed by atoms with E-state index < -0.39 is 0 Å². The minimum Gasteiger partial charge on any atom is -0.368 e. The van der Waals surface area contributed by atoms with Gasteiger partial charge in [-0.05, 0) is 20.3 Å². The lowest BCUT2D eigenvalue weighted by Crippen LogP contribution is -2.10. The van der Waals surface area contributed by atoms with Gasteiger partial charge in [-0.1, -0.05) is 6.92 Å². The quantitative estimate of drug-likeness (QED) is 0.749. The Bertz CT molecular complexity index is 598. The molecule has 1 N–H and O–H groups in total. The molecule has 2 rings (SSSR count). The Balaban J connectivity index is 2.16. The molecule has 114 valence electrons. The van der Waals surface area contributed by atoms with E-state index in [9.17, 15) is 4.79 Å². The molecule has 0 aliphatic heterocycles. The zero-order chi connectivity index (χ0) is 15.2. The summed E-state index contributed by atoms with van der Waals surface area (Å²) >= 11 is 0. The number of carbonyl (C=O) groups excluding carboxylic acids is 1. The number of hydrogen-bond acceptors (Lipinski definition) is 6. The van der Waals surface area contributed by atoms with Gasteiger partial charge in [-0.2, -0.15) is 0 Å². The Labute approximate surface area is 123 Å². The number of aromatic nitrogens is 4. The highest BCUT2D eigenvalue weighted by Crippen LogP contribution is 2.21. The molecule has 2 aromatic rings. The maximum absolute atomic E-state index is 10.6. The van der Waals surface area contributed by atoms with Crippen LogP contribution in [0, 0.1) is 5.92 Å². The first-order valence-corrected chi connectivity index (χ1v) is 7.15. The highest BCUT2D eigenvalue weighted by molar-refractivity contribution is 5.82. The Hall–Kier alpha value is -2.02. The number of aldehydes is 1. The molecule has 0 radical (unpaired) electrons. The van der Waals surface area contributed by atoms with E-state index in [1.807, 2.05) is 25.3 Å². The summed E-state index contributed by atoms with van der Waals surface area (Å²) in [5.74, 6) is 0.714. The van der Waals surface area contributed by atoms with E-state index in [1.165, 1.54) is 6.33 Å². The summed E-state index contributed by atoms with van der Waals surface area (Å²) in [7, 11) is 0. The van der Waals surface area contributed by atoms with Crippen molar-refractivity contribution >= 4 is 23.3 Å². The van der Waals surface area contributed by atoms with Crippen LogP contribution in [0.3, 0.4) is 0 Å². The maximum Gasteiger partial charge on any atom is 0.167 e. The van der Waals surface area contributed by atoms with Crippen molar-refractivity contribution in [1.82, 2.24) is 19.5 Å². The van der Waals surface area contributed by atoms with Crippen molar-refractivity contribution in [1.29, 1.82) is 0 Å². The van der Waals surface area contributed by atoms with Crippen molar-refractivity contribution < 1.29 is 9.53 Å². The van der Waals surface area contributed by atoms with Crippen LogP contribution >= 0.6 is 0 Å². The van der Waals surface area contributed by atoms with Gasteiger partial charge in [0.1, 0.15) is 18.8 Å². The van der Waals surface area contributed by atoms with E-state index in [1.54, 1.807) is 6.33 Å². The molecule has 2 aromatic heterocycles. The van der Waals surface area contributed by atoms with Crippen molar-refractivity contribution in [2.24, 2.45) is 5.92 Å². The first-order valence-electron chi connectivity index (χ1n) is 7.15. The van der Waals surface area contributed by atoms with Gasteiger partial charge in [0.2, 0.25) is 0 Å². The summed E-state index contributed by atoms with van der Waals surface area (Å²) in [6.07, 6.45) is 4.79. The maximum atomic E-state index is 10.6. The van der Waals surface area contributed by atoms with Gasteiger partial charge in [0, 0.05) is 19.1 Å². The second-order valence-electron chi connectivity index (χ2n) is 4.93. The van der Waals surface area contributed by atoms with Crippen molar-refractivity contribution in [2.75, 3.05) is 18.5 Å². The van der Waals surface area contributed by atoms with Gasteiger partial charge in [-0.3, -0.25) is 4.57 Å². The molecule has 0 aliphatic rings. The van der Waals surface area contributed by atoms with Crippen molar-refractivity contribution in [2.45, 2.75) is 33.4 Å². The minimum atomic E-state index is -0.127. The first kappa shape index (κ1) is 15.4. The number of anilines is 1. The highest BCUT2D eigenvalue weighted by atomic mass is 16.5. The number of hydrogen-bond donors (Lipinski definition) is 1. The molecule has 2 atom stereocenters. The van der Waals surface area contributed by atoms with Crippen LogP contribution in [-0.2, 0) is 9.53 Å². The van der Waals surface area contributed by atoms with Gasteiger partial charge in [0.15, 0.2) is 17.0 Å². The number of rotatable bonds is 8. The van der Waals surface area contributed by atoms with Crippen LogP contribution in [0.1, 0.15) is 33.4 Å². The lowest BCUT2D eigenvalue weighted by Gasteiger charge is -2.13. The van der Waals surface area contributed by atoms with E-state index in [0.717, 1.165) is 18.4 Å². The predicted octanol–water partition coefficient (Wildman–Crippen LogP) is 2.02. The van der Waals surface area contributed by atoms with Crippen molar-refractivity contribution in [3.05, 3.63) is 12.7 Å². The standard InChI is InChI=1S/C14H21N5O2/c1-4-21-11(3)19-9-18-12-13(16-8-17-14(12)19)15-6-5-10(2)7-20/h7-11H,4-6H2,1-3H3,(H,15,16,17). The van der Waals surface area contributed by atoms with Crippen LogP contribution in [0.25, 0.3) is 11.2 Å². The molecule has 7 heteroatoms. The summed E-state index contributed by atoms with van der Waals surface area (Å²) in [5, 5.41) is 3.21. The third kappa shape index (κ3) is 3.55. The number of ether oxygens (including phenoxy) is 1. The third-order valence-corrected chi connectivity index (χ3v) is 3.28. The minimum absolute atomic E-state index is 0.0327. The average Bonchev–Trinajstić information content (AvgIpc) is 2.92. The van der Waals surface area contributed by atoms with E-state index in [-0.39, 0.29) is 12.1 Å². The smallest absolute Gasteiger partial charge is 0.167 e. The fourth-order valence-electron chi connectivity index (χ4n) is 2.06. The van der Waals surface area contributed by atoms with E-state index in [2.05, 4.69) is 20.3 Å². The molecule has 21 heavy (non-hydrogen) atoms. The zero-order valence-corrected chi connectivity index (χ0v) is 12.6. The molecular weight excluding hydrogens is 270 g/mol. The fourth-order valence-corrected chi connectivity index (χ4v) is 2.06. The van der Waals surface area contributed by atoms with Gasteiger partial charge >= 0.3 is 0 Å². The number of carbonyl (C=O) groups is 1. The van der Waals surface area contributed by atoms with Crippen LogP contribution in [0.15, 0.2) is 12.7 Å². The summed E-state index contributed by atoms with van der Waals surface area (Å²) in [6, 6.07) is 0. The Morgan fingerprint density at radius 1 is 1.38 bits per heavy atom. The second-order valence-corrected chi connectivity index (χ2v) is 4.93. The number of imidazole rings is 1. The molecule has 0 fully saturated rings. The molecular formula is C14H21N5O2. The van der Waals surface area contributed by atoms with Gasteiger partial charge in [-0.15, -0.1) is 0 Å². The highest BCUT2D eigenvalue weighted by Gasteiger charge is 2.13. The van der Waals surface area contributed by atoms with Crippen molar-refractivity contribution in [3.63, 3.8) is 0 Å². The Morgan fingerprint density at radius 3 is 2.90 bits per heavy atom. The topological polar surface area (TPSA) is 81.9 Å². The Morgan fingerprint density at radius 2 is 2.19 bits per heavy atom. The zero-order valence-electron chi connectivity index (χ0n) is 12.6. The van der Waals surface area contributed by atoms with Gasteiger partial charge in [0.05, 0.1) is 6.33 Å². The van der Waals surface area contributed by atoms with Crippen LogP contribution in [0.2, 0.25) is 0 Å². The SMILES string of the molecule is CCOC(C)n1cnc2c(NCCC(C)C=O)ncnc21. The lowest BCUT2D eigenvalue weighted by atomic mass is 10.1. The van der Waals surface area contributed by atoms with Crippen LogP contribution in [0.4, 0.5) is 5.82 Å². The van der Waals surface area contributed by atoms with Gasteiger partial charge in [0.25, 0.3) is 0 Å². The summed E-state index contributed by atoms with van der Waals surface area (Å²) in [5.41, 5.74) is 1.44. The number of nitrogens with one attached hydrogen (secondary N) is 1. The molecule has 2 unspecified atom stereocenters. The molecule has 7 nitrogen and oxygen atoms in total. The normalized spacial score (nSPS) is 14.0. The summed E-state index contributed by atoms with van der Waals surface area (Å²) in [4.78, 5) is 23.5. The molecule has 0 saturated heterocycles. The largest absolute Gasteiger partial charge is 0.368 e. The van der Waals surface area contributed by atoms with E-state index in [0.29, 0.717) is 24.5 Å². The predicted molar refractivity (Wildman–Crippen MR) is 80.0 cm³/mol. The number of fused-ring (bicyclic) bond motifs is 1. The van der Waals surface area contributed by atoms with Gasteiger partial charge in [-0.25, -0.2) is 15.0 Å². The van der Waals surface area contributed by atoms with Crippen LogP contribution in [-0.4, -0.2) is 39.0 Å². The monoisotopic (exact) mass is 291 g/mol. The lowest BCUT2D eigenvalue weighted by molar-refractivity contribution is -0.110. The molecule has 0 aromatic carbocycles. The van der Waals surface area contributed by atoms with E-state index >= 15 is 0 Å². The Kier molecular flexibility index (Phi) is 5.21. The van der Waals surface area contributed by atoms with Crippen LogP contribution < -0.4 is 5.32 Å².